The zero-order valence-corrected chi connectivity index (χ0v) is 30.4. The van der Waals surface area contributed by atoms with Crippen molar-refractivity contribution in [3.05, 3.63) is 55.9 Å². The summed E-state index contributed by atoms with van der Waals surface area (Å²) in [5.41, 5.74) is 0.489. The van der Waals surface area contributed by atoms with Gasteiger partial charge in [-0.2, -0.15) is 0 Å². The summed E-state index contributed by atoms with van der Waals surface area (Å²) in [4.78, 5) is 5.87. The second-order valence-corrected chi connectivity index (χ2v) is 20.6. The average molecular weight is 627 g/mol. The summed E-state index contributed by atoms with van der Waals surface area (Å²) in [7, 11) is 0. The molecule has 0 nitrogen and oxygen atoms in total. The summed E-state index contributed by atoms with van der Waals surface area (Å²) in [5, 5.41) is 11.4. The van der Waals surface area contributed by atoms with Gasteiger partial charge in [-0.1, -0.05) is 83.1 Å². The van der Waals surface area contributed by atoms with Crippen molar-refractivity contribution in [1.82, 2.24) is 0 Å². The molecule has 0 aliphatic carbocycles. The zero-order chi connectivity index (χ0) is 30.3. The summed E-state index contributed by atoms with van der Waals surface area (Å²) in [6.45, 7) is 28.2. The third kappa shape index (κ3) is 4.30. The Hall–Kier alpha value is -1.98. The fourth-order valence-electron chi connectivity index (χ4n) is 5.99. The molecule has 0 radical (unpaired) electrons. The van der Waals surface area contributed by atoms with Gasteiger partial charge in [0.25, 0.3) is 0 Å². The number of rotatable bonds is 0. The molecule has 0 spiro atoms. The number of hydrogen-bond donors (Lipinski definition) is 0. The molecule has 0 saturated heterocycles. The molecule has 4 heterocycles. The monoisotopic (exact) mass is 626 g/mol. The van der Waals surface area contributed by atoms with Crippen LogP contribution in [0.15, 0.2) is 36.4 Å². The molecule has 3 aromatic carbocycles. The molecule has 0 unspecified atom stereocenters. The SMILES string of the molecule is CC(C)(C)c1cc2c3cc(C(C)(C)C)sc3c3cc4c(cc3c2s1)c1sc(C(C)(C)C)cc1c1cc(C(C)(C)C)sc14. The van der Waals surface area contributed by atoms with Crippen LogP contribution >= 0.6 is 45.3 Å². The van der Waals surface area contributed by atoms with Gasteiger partial charge in [0.05, 0.1) is 0 Å². The molecule has 0 bridgehead atoms. The number of fused-ring (bicyclic) bond motifs is 12. The van der Waals surface area contributed by atoms with Crippen LogP contribution in [-0.4, -0.2) is 0 Å². The van der Waals surface area contributed by atoms with E-state index in [0.717, 1.165) is 0 Å². The lowest BCUT2D eigenvalue weighted by molar-refractivity contribution is 0.604. The highest BCUT2D eigenvalue weighted by molar-refractivity contribution is 7.24. The second kappa shape index (κ2) is 8.81. The lowest BCUT2D eigenvalue weighted by Crippen LogP contribution is -2.07. The molecule has 4 heteroatoms. The van der Waals surface area contributed by atoms with Crippen LogP contribution in [-0.2, 0) is 21.7 Å². The fourth-order valence-corrected chi connectivity index (χ4v) is 11.0. The van der Waals surface area contributed by atoms with Gasteiger partial charge in [0.2, 0.25) is 0 Å². The van der Waals surface area contributed by atoms with Crippen LogP contribution in [0.1, 0.15) is 103 Å². The van der Waals surface area contributed by atoms with Crippen molar-refractivity contribution in [2.24, 2.45) is 0 Å². The number of benzene rings is 3. The standard InChI is InChI=1S/C38H42S4/c1-35(2,3)27-15-23-24-16-28(36(4,5)6)40-32(24)20-14-22-21(13-19(20)31(23)39-27)33-25(17-29(41-33)37(7,8)9)26-18-30(38(10,11)12)42-34(22)26/h13-18H,1-12H3. The molecule has 218 valence electrons. The third-order valence-corrected chi connectivity index (χ3v) is 15.0. The highest BCUT2D eigenvalue weighted by Crippen LogP contribution is 2.52. The van der Waals surface area contributed by atoms with E-state index in [0.29, 0.717) is 0 Å². The Balaban J connectivity index is 1.73. The minimum atomic E-state index is 0.122. The minimum Gasteiger partial charge on any atom is -0.139 e. The van der Waals surface area contributed by atoms with Gasteiger partial charge >= 0.3 is 0 Å². The van der Waals surface area contributed by atoms with Crippen LogP contribution in [0.4, 0.5) is 0 Å². The Morgan fingerprint density at radius 3 is 0.619 bits per heavy atom. The van der Waals surface area contributed by atoms with Gasteiger partial charge in [-0.05, 0) is 58.1 Å². The summed E-state index contributed by atoms with van der Waals surface area (Å²) in [6.07, 6.45) is 0. The van der Waals surface area contributed by atoms with Gasteiger partial charge in [0, 0.05) is 81.4 Å². The summed E-state index contributed by atoms with van der Waals surface area (Å²) >= 11 is 8.04. The predicted molar refractivity (Wildman–Crippen MR) is 198 cm³/mol. The molecule has 0 N–H and O–H groups in total. The molecule has 0 amide bonds. The molecule has 0 aliphatic rings. The first-order valence-electron chi connectivity index (χ1n) is 15.1. The Labute approximate surface area is 266 Å². The van der Waals surface area contributed by atoms with E-state index in [2.05, 4.69) is 119 Å². The van der Waals surface area contributed by atoms with Crippen LogP contribution in [0.2, 0.25) is 0 Å². The molecule has 4 aromatic heterocycles. The van der Waals surface area contributed by atoms with Crippen molar-refractivity contribution in [2.45, 2.75) is 105 Å². The Morgan fingerprint density at radius 1 is 0.286 bits per heavy atom. The zero-order valence-electron chi connectivity index (χ0n) is 27.1. The van der Waals surface area contributed by atoms with Gasteiger partial charge in [0.1, 0.15) is 0 Å². The van der Waals surface area contributed by atoms with E-state index in [9.17, 15) is 0 Å². The topological polar surface area (TPSA) is 0 Å². The highest BCUT2D eigenvalue weighted by Gasteiger charge is 2.27. The van der Waals surface area contributed by atoms with E-state index < -0.39 is 0 Å². The Bertz CT molecular complexity index is 1900. The average Bonchev–Trinajstić information content (AvgIpc) is 3.63. The molecule has 0 atom stereocenters. The molecular weight excluding hydrogens is 585 g/mol. The van der Waals surface area contributed by atoms with Crippen LogP contribution < -0.4 is 0 Å². The maximum absolute atomic E-state index is 2.58. The summed E-state index contributed by atoms with van der Waals surface area (Å²) in [5.74, 6) is 0. The predicted octanol–water partition coefficient (Wildman–Crippen LogP) is 14.0. The molecule has 0 fully saturated rings. The van der Waals surface area contributed by atoms with E-state index in [1.807, 2.05) is 45.3 Å². The number of thiophene rings is 4. The molecule has 42 heavy (non-hydrogen) atoms. The largest absolute Gasteiger partial charge is 0.139 e. The minimum absolute atomic E-state index is 0.122. The van der Waals surface area contributed by atoms with E-state index in [-0.39, 0.29) is 21.7 Å². The van der Waals surface area contributed by atoms with Gasteiger partial charge in [-0.3, -0.25) is 0 Å². The molecule has 7 rings (SSSR count). The van der Waals surface area contributed by atoms with E-state index in [1.54, 1.807) is 0 Å². The highest BCUT2D eigenvalue weighted by atomic mass is 32.1. The fraction of sp³-hybridized carbons (Fsp3) is 0.421. The maximum Gasteiger partial charge on any atom is 0.0431 e. The quantitative estimate of drug-likeness (QED) is 0.147. The summed E-state index contributed by atoms with van der Waals surface area (Å²) < 4.78 is 5.80. The van der Waals surface area contributed by atoms with Crippen molar-refractivity contribution in [3.8, 4) is 0 Å². The summed E-state index contributed by atoms with van der Waals surface area (Å²) in [6, 6.07) is 15.2. The first-order chi connectivity index (χ1) is 19.3. The second-order valence-electron chi connectivity index (χ2n) is 16.4. The first-order valence-corrected chi connectivity index (χ1v) is 18.4. The van der Waals surface area contributed by atoms with Crippen LogP contribution in [0, 0.1) is 0 Å². The lowest BCUT2D eigenvalue weighted by atomic mass is 9.91. The lowest BCUT2D eigenvalue weighted by Gasteiger charge is -2.15. The van der Waals surface area contributed by atoms with Crippen molar-refractivity contribution >= 4 is 107 Å². The van der Waals surface area contributed by atoms with E-state index in [1.165, 1.54) is 81.4 Å². The van der Waals surface area contributed by atoms with Gasteiger partial charge < -0.3 is 0 Å². The van der Waals surface area contributed by atoms with Crippen LogP contribution in [0.3, 0.4) is 0 Å². The smallest absolute Gasteiger partial charge is 0.0431 e. The Morgan fingerprint density at radius 2 is 0.452 bits per heavy atom. The Kier molecular flexibility index (Phi) is 6.03. The van der Waals surface area contributed by atoms with Crippen molar-refractivity contribution in [2.75, 3.05) is 0 Å². The first kappa shape index (κ1) is 28.8. The normalized spacial score (nSPS) is 14.2. The van der Waals surface area contributed by atoms with Crippen molar-refractivity contribution < 1.29 is 0 Å². The van der Waals surface area contributed by atoms with Gasteiger partial charge in [-0.25, -0.2) is 0 Å². The molecular formula is C38H42S4. The molecule has 7 aromatic rings. The maximum atomic E-state index is 2.58. The van der Waals surface area contributed by atoms with E-state index >= 15 is 0 Å². The van der Waals surface area contributed by atoms with Crippen LogP contribution in [0.5, 0.6) is 0 Å². The third-order valence-electron chi connectivity index (χ3n) is 8.60. The van der Waals surface area contributed by atoms with Crippen molar-refractivity contribution in [1.29, 1.82) is 0 Å². The van der Waals surface area contributed by atoms with Gasteiger partial charge in [0.15, 0.2) is 0 Å². The van der Waals surface area contributed by atoms with Crippen LogP contribution in [0.25, 0.3) is 61.9 Å². The molecule has 0 aliphatic heterocycles. The number of hydrogen-bond acceptors (Lipinski definition) is 4. The van der Waals surface area contributed by atoms with Gasteiger partial charge in [-0.15, -0.1) is 45.3 Å². The van der Waals surface area contributed by atoms with Crippen molar-refractivity contribution in [3.63, 3.8) is 0 Å². The van der Waals surface area contributed by atoms with E-state index in [4.69, 9.17) is 0 Å². The molecule has 0 saturated carbocycles.